The Morgan fingerprint density at radius 2 is 1.76 bits per heavy atom. The van der Waals surface area contributed by atoms with Gasteiger partial charge in [0.05, 0.1) is 16.6 Å². The zero-order valence-corrected chi connectivity index (χ0v) is 14.0. The molecule has 0 radical (unpaired) electrons. The van der Waals surface area contributed by atoms with E-state index in [4.69, 9.17) is 4.74 Å². The van der Waals surface area contributed by atoms with Crippen LogP contribution in [0.25, 0.3) is 0 Å². The van der Waals surface area contributed by atoms with Crippen molar-refractivity contribution in [2.45, 2.75) is 69.6 Å². The van der Waals surface area contributed by atoms with E-state index in [2.05, 4.69) is 4.72 Å². The number of nitrogens with one attached hydrogen (secondary N) is 1. The first-order valence-electron chi connectivity index (χ1n) is 7.44. The molecular formula is C16H25NO3S. The topological polar surface area (TPSA) is 55.4 Å². The minimum atomic E-state index is -3.48. The van der Waals surface area contributed by atoms with Gasteiger partial charge in [-0.25, -0.2) is 13.1 Å². The summed E-state index contributed by atoms with van der Waals surface area (Å²) in [6.07, 6.45) is 2.66. The lowest BCUT2D eigenvalue weighted by molar-refractivity contribution is -0.0639. The second-order valence-electron chi connectivity index (χ2n) is 6.74. The van der Waals surface area contributed by atoms with E-state index in [-0.39, 0.29) is 17.7 Å². The Kier molecular flexibility index (Phi) is 4.76. The predicted octanol–water partition coefficient (Wildman–Crippen LogP) is 3.01. The van der Waals surface area contributed by atoms with Gasteiger partial charge in [0.15, 0.2) is 0 Å². The first-order chi connectivity index (χ1) is 9.67. The number of aryl methyl sites for hydroxylation is 1. The van der Waals surface area contributed by atoms with Crippen molar-refractivity contribution in [3.63, 3.8) is 0 Å². The van der Waals surface area contributed by atoms with E-state index >= 15 is 0 Å². The van der Waals surface area contributed by atoms with E-state index in [1.165, 1.54) is 0 Å². The first kappa shape index (κ1) is 16.5. The van der Waals surface area contributed by atoms with Crippen molar-refractivity contribution >= 4 is 10.0 Å². The molecule has 0 unspecified atom stereocenters. The van der Waals surface area contributed by atoms with Crippen molar-refractivity contribution in [1.82, 2.24) is 4.72 Å². The quantitative estimate of drug-likeness (QED) is 0.930. The molecule has 1 aromatic rings. The second-order valence-corrected chi connectivity index (χ2v) is 8.45. The van der Waals surface area contributed by atoms with E-state index in [1.54, 1.807) is 12.1 Å². The van der Waals surface area contributed by atoms with E-state index in [9.17, 15) is 8.42 Å². The summed E-state index contributed by atoms with van der Waals surface area (Å²) in [5.41, 5.74) is 0.784. The van der Waals surface area contributed by atoms with Gasteiger partial charge in [0, 0.05) is 6.04 Å². The van der Waals surface area contributed by atoms with E-state index in [0.717, 1.165) is 24.8 Å². The first-order valence-corrected chi connectivity index (χ1v) is 8.92. The molecule has 0 amide bonds. The Balaban J connectivity index is 2.10. The molecule has 0 bridgehead atoms. The molecule has 4 nitrogen and oxygen atoms in total. The summed E-state index contributed by atoms with van der Waals surface area (Å²) in [6, 6.07) is 6.77. The maximum absolute atomic E-state index is 12.4. The Hall–Kier alpha value is -0.910. The molecule has 0 heterocycles. The summed E-state index contributed by atoms with van der Waals surface area (Å²) >= 11 is 0. The molecule has 1 aliphatic carbocycles. The molecule has 1 N–H and O–H groups in total. The van der Waals surface area contributed by atoms with Gasteiger partial charge in [-0.2, -0.15) is 0 Å². The lowest BCUT2D eigenvalue weighted by atomic mass is 10.1. The van der Waals surface area contributed by atoms with Gasteiger partial charge in [0.1, 0.15) is 0 Å². The van der Waals surface area contributed by atoms with E-state index in [1.807, 2.05) is 39.8 Å². The SMILES string of the molecule is Cc1ccc(S(=O)(=O)N[C@H]2CCC[C@@H]2OC(C)(C)C)cc1. The lowest BCUT2D eigenvalue weighted by Gasteiger charge is -2.29. The molecule has 2 rings (SSSR count). The molecule has 21 heavy (non-hydrogen) atoms. The molecular weight excluding hydrogens is 286 g/mol. The molecule has 0 aromatic heterocycles. The molecule has 1 aliphatic rings. The number of sulfonamides is 1. The van der Waals surface area contributed by atoms with Crippen LogP contribution >= 0.6 is 0 Å². The van der Waals surface area contributed by atoms with Gasteiger partial charge in [-0.15, -0.1) is 0 Å². The maximum Gasteiger partial charge on any atom is 0.240 e. The van der Waals surface area contributed by atoms with Crippen LogP contribution in [0.1, 0.15) is 45.6 Å². The summed E-state index contributed by atoms with van der Waals surface area (Å²) in [7, 11) is -3.48. The van der Waals surface area contributed by atoms with Crippen molar-refractivity contribution in [2.75, 3.05) is 0 Å². The van der Waals surface area contributed by atoms with Crippen molar-refractivity contribution in [2.24, 2.45) is 0 Å². The fourth-order valence-corrected chi connectivity index (χ4v) is 3.94. The van der Waals surface area contributed by atoms with Crippen LogP contribution in [0.5, 0.6) is 0 Å². The number of hydrogen-bond acceptors (Lipinski definition) is 3. The highest BCUT2D eigenvalue weighted by molar-refractivity contribution is 7.89. The van der Waals surface area contributed by atoms with Gasteiger partial charge >= 0.3 is 0 Å². The summed E-state index contributed by atoms with van der Waals surface area (Å²) in [5, 5.41) is 0. The number of benzene rings is 1. The molecule has 2 atom stereocenters. The highest BCUT2D eigenvalue weighted by atomic mass is 32.2. The fourth-order valence-electron chi connectivity index (χ4n) is 2.64. The van der Waals surface area contributed by atoms with Crippen LogP contribution in [0, 0.1) is 6.92 Å². The second kappa shape index (κ2) is 6.07. The van der Waals surface area contributed by atoms with Crippen LogP contribution in [0.3, 0.4) is 0 Å². The lowest BCUT2D eigenvalue weighted by Crippen LogP contribution is -2.43. The van der Waals surface area contributed by atoms with Crippen LogP contribution in [0.2, 0.25) is 0 Å². The third-order valence-electron chi connectivity index (χ3n) is 3.60. The predicted molar refractivity (Wildman–Crippen MR) is 83.8 cm³/mol. The van der Waals surface area contributed by atoms with Gasteiger partial charge in [-0.3, -0.25) is 0 Å². The molecule has 1 aromatic carbocycles. The van der Waals surface area contributed by atoms with Gasteiger partial charge in [-0.05, 0) is 59.1 Å². The smallest absolute Gasteiger partial charge is 0.240 e. The minimum absolute atomic E-state index is 0.0507. The zero-order valence-electron chi connectivity index (χ0n) is 13.2. The van der Waals surface area contributed by atoms with Crippen molar-refractivity contribution in [3.05, 3.63) is 29.8 Å². The minimum Gasteiger partial charge on any atom is -0.371 e. The normalized spacial score (nSPS) is 23.4. The van der Waals surface area contributed by atoms with Crippen molar-refractivity contribution < 1.29 is 13.2 Å². The molecule has 1 saturated carbocycles. The highest BCUT2D eigenvalue weighted by Gasteiger charge is 2.34. The summed E-state index contributed by atoms with van der Waals surface area (Å²) in [5.74, 6) is 0. The monoisotopic (exact) mass is 311 g/mol. The van der Waals surface area contributed by atoms with Crippen LogP contribution in [-0.4, -0.2) is 26.2 Å². The van der Waals surface area contributed by atoms with E-state index < -0.39 is 10.0 Å². The maximum atomic E-state index is 12.4. The third-order valence-corrected chi connectivity index (χ3v) is 5.10. The van der Waals surface area contributed by atoms with Gasteiger partial charge in [0.2, 0.25) is 10.0 Å². The third kappa shape index (κ3) is 4.53. The standard InChI is InChI=1S/C16H25NO3S/c1-12-8-10-13(11-9-12)21(18,19)17-14-6-5-7-15(14)20-16(2,3)4/h8-11,14-15,17H,5-7H2,1-4H3/t14-,15-/m0/s1. The summed E-state index contributed by atoms with van der Waals surface area (Å²) < 4.78 is 33.7. The Labute approximate surface area is 127 Å². The Morgan fingerprint density at radius 3 is 2.33 bits per heavy atom. The van der Waals surface area contributed by atoms with Gasteiger partial charge in [0.25, 0.3) is 0 Å². The molecule has 0 aliphatic heterocycles. The van der Waals surface area contributed by atoms with Crippen LogP contribution in [0.4, 0.5) is 0 Å². The summed E-state index contributed by atoms with van der Waals surface area (Å²) in [6.45, 7) is 7.93. The van der Waals surface area contributed by atoms with Crippen LogP contribution < -0.4 is 4.72 Å². The molecule has 0 spiro atoms. The van der Waals surface area contributed by atoms with Gasteiger partial charge < -0.3 is 4.74 Å². The zero-order chi connectivity index (χ0) is 15.7. The average Bonchev–Trinajstić information content (AvgIpc) is 2.74. The van der Waals surface area contributed by atoms with Gasteiger partial charge in [-0.1, -0.05) is 17.7 Å². The van der Waals surface area contributed by atoms with Crippen LogP contribution in [-0.2, 0) is 14.8 Å². The molecule has 1 fully saturated rings. The summed E-state index contributed by atoms with van der Waals surface area (Å²) in [4.78, 5) is 0.314. The molecule has 5 heteroatoms. The molecule has 118 valence electrons. The fraction of sp³-hybridized carbons (Fsp3) is 0.625. The molecule has 0 saturated heterocycles. The number of ether oxygens (including phenoxy) is 1. The average molecular weight is 311 g/mol. The Morgan fingerprint density at radius 1 is 1.14 bits per heavy atom. The Bertz CT molecular complexity index is 573. The number of rotatable bonds is 4. The van der Waals surface area contributed by atoms with Crippen LogP contribution in [0.15, 0.2) is 29.2 Å². The van der Waals surface area contributed by atoms with Crippen molar-refractivity contribution in [3.8, 4) is 0 Å². The highest BCUT2D eigenvalue weighted by Crippen LogP contribution is 2.27. The number of hydrogen-bond donors (Lipinski definition) is 1. The van der Waals surface area contributed by atoms with Crippen molar-refractivity contribution in [1.29, 1.82) is 0 Å². The van der Waals surface area contributed by atoms with E-state index in [0.29, 0.717) is 4.90 Å². The largest absolute Gasteiger partial charge is 0.371 e.